The maximum Gasteiger partial charge on any atom is 0.191 e. The quantitative estimate of drug-likeness (QED) is 0.527. The number of halogens is 1. The number of hydrogen-bond donors (Lipinski definition) is 3. The van der Waals surface area contributed by atoms with E-state index in [9.17, 15) is 9.50 Å². The standard InChI is InChI=1S/C17H26FN3O2/c1-2-19-16(20-11-14-3-5-15(18)6-4-14)21-12-17(7-9-22)8-10-23-13-17/h3-6,22H,2,7-13H2,1H3,(H2,19,20,21). The van der Waals surface area contributed by atoms with Crippen molar-refractivity contribution in [2.24, 2.45) is 10.4 Å². The number of hydrogen-bond acceptors (Lipinski definition) is 3. The van der Waals surface area contributed by atoms with E-state index in [0.717, 1.165) is 37.5 Å². The summed E-state index contributed by atoms with van der Waals surface area (Å²) < 4.78 is 18.4. The summed E-state index contributed by atoms with van der Waals surface area (Å²) in [5.41, 5.74) is 0.929. The zero-order chi connectivity index (χ0) is 16.5. The monoisotopic (exact) mass is 323 g/mol. The molecule has 0 amide bonds. The van der Waals surface area contributed by atoms with Crippen molar-refractivity contribution in [3.8, 4) is 0 Å². The Labute approximate surface area is 137 Å². The Bertz CT molecular complexity index is 499. The molecule has 0 saturated carbocycles. The van der Waals surface area contributed by atoms with Crippen LogP contribution in [-0.2, 0) is 11.3 Å². The van der Waals surface area contributed by atoms with Crippen LogP contribution >= 0.6 is 0 Å². The predicted molar refractivity (Wildman–Crippen MR) is 88.8 cm³/mol. The number of guanidine groups is 1. The fourth-order valence-electron chi connectivity index (χ4n) is 2.68. The molecule has 0 aromatic heterocycles. The predicted octanol–water partition coefficient (Wildman–Crippen LogP) is 1.67. The van der Waals surface area contributed by atoms with Gasteiger partial charge in [-0.25, -0.2) is 9.38 Å². The number of rotatable bonds is 7. The van der Waals surface area contributed by atoms with E-state index in [2.05, 4.69) is 15.6 Å². The van der Waals surface area contributed by atoms with Crippen molar-refractivity contribution in [1.29, 1.82) is 0 Å². The van der Waals surface area contributed by atoms with E-state index < -0.39 is 0 Å². The molecule has 6 heteroatoms. The number of nitrogens with zero attached hydrogens (tertiary/aromatic N) is 1. The minimum Gasteiger partial charge on any atom is -0.396 e. The number of benzene rings is 1. The van der Waals surface area contributed by atoms with Gasteiger partial charge in [0.15, 0.2) is 5.96 Å². The van der Waals surface area contributed by atoms with Crippen LogP contribution in [0.2, 0.25) is 0 Å². The summed E-state index contributed by atoms with van der Waals surface area (Å²) >= 11 is 0. The molecule has 1 saturated heterocycles. The summed E-state index contributed by atoms with van der Waals surface area (Å²) in [5, 5.41) is 15.8. The van der Waals surface area contributed by atoms with Gasteiger partial charge in [0, 0.05) is 31.7 Å². The van der Waals surface area contributed by atoms with Crippen molar-refractivity contribution in [3.05, 3.63) is 35.6 Å². The van der Waals surface area contributed by atoms with E-state index in [1.807, 2.05) is 6.92 Å². The average molecular weight is 323 g/mol. The van der Waals surface area contributed by atoms with E-state index >= 15 is 0 Å². The Kier molecular flexibility index (Phi) is 6.80. The van der Waals surface area contributed by atoms with Crippen LogP contribution in [0.3, 0.4) is 0 Å². The highest BCUT2D eigenvalue weighted by Gasteiger charge is 2.34. The molecule has 2 rings (SSSR count). The first-order valence-electron chi connectivity index (χ1n) is 8.13. The number of aliphatic imine (C=N–C) groups is 1. The molecule has 1 aromatic carbocycles. The topological polar surface area (TPSA) is 65.9 Å². The highest BCUT2D eigenvalue weighted by molar-refractivity contribution is 5.79. The Morgan fingerprint density at radius 3 is 2.74 bits per heavy atom. The molecule has 3 N–H and O–H groups in total. The van der Waals surface area contributed by atoms with Gasteiger partial charge in [-0.05, 0) is 37.5 Å². The number of ether oxygens (including phenoxy) is 1. The normalized spacial score (nSPS) is 21.4. The fraction of sp³-hybridized carbons (Fsp3) is 0.588. The summed E-state index contributed by atoms with van der Waals surface area (Å²) in [5.74, 6) is 0.482. The molecule has 1 aliphatic heterocycles. The van der Waals surface area contributed by atoms with Crippen molar-refractivity contribution in [2.75, 3.05) is 32.9 Å². The van der Waals surface area contributed by atoms with Crippen LogP contribution in [0.5, 0.6) is 0 Å². The third-order valence-electron chi connectivity index (χ3n) is 4.14. The summed E-state index contributed by atoms with van der Waals surface area (Å²) in [6.45, 7) is 5.54. The molecule has 1 atom stereocenters. The van der Waals surface area contributed by atoms with Gasteiger partial charge in [-0.15, -0.1) is 0 Å². The molecule has 0 aliphatic carbocycles. The Hall–Kier alpha value is -1.66. The molecule has 1 aromatic rings. The molecular weight excluding hydrogens is 297 g/mol. The molecule has 5 nitrogen and oxygen atoms in total. The lowest BCUT2D eigenvalue weighted by molar-refractivity contribution is 0.127. The van der Waals surface area contributed by atoms with E-state index in [0.29, 0.717) is 19.7 Å². The second-order valence-electron chi connectivity index (χ2n) is 5.95. The summed E-state index contributed by atoms with van der Waals surface area (Å²) in [4.78, 5) is 4.53. The van der Waals surface area contributed by atoms with Crippen molar-refractivity contribution in [1.82, 2.24) is 10.6 Å². The van der Waals surface area contributed by atoms with Gasteiger partial charge in [-0.2, -0.15) is 0 Å². The first-order valence-corrected chi connectivity index (χ1v) is 8.13. The third-order valence-corrected chi connectivity index (χ3v) is 4.14. The van der Waals surface area contributed by atoms with Crippen molar-refractivity contribution < 1.29 is 14.2 Å². The van der Waals surface area contributed by atoms with Crippen molar-refractivity contribution in [2.45, 2.75) is 26.3 Å². The maximum absolute atomic E-state index is 12.9. The van der Waals surface area contributed by atoms with Gasteiger partial charge >= 0.3 is 0 Å². The lowest BCUT2D eigenvalue weighted by Gasteiger charge is -2.27. The van der Waals surface area contributed by atoms with Gasteiger partial charge in [0.1, 0.15) is 5.82 Å². The summed E-state index contributed by atoms with van der Waals surface area (Å²) in [7, 11) is 0. The Balaban J connectivity index is 1.94. The Morgan fingerprint density at radius 2 is 2.13 bits per heavy atom. The molecular formula is C17H26FN3O2. The smallest absolute Gasteiger partial charge is 0.191 e. The first kappa shape index (κ1) is 17.7. The van der Waals surface area contributed by atoms with Crippen LogP contribution in [0.15, 0.2) is 29.3 Å². The second kappa shape index (κ2) is 8.84. The molecule has 128 valence electrons. The average Bonchev–Trinajstić information content (AvgIpc) is 3.01. The number of aliphatic hydroxyl groups is 1. The third kappa shape index (κ3) is 5.48. The Morgan fingerprint density at radius 1 is 1.35 bits per heavy atom. The molecule has 1 unspecified atom stereocenters. The van der Waals surface area contributed by atoms with Crippen molar-refractivity contribution in [3.63, 3.8) is 0 Å². The number of nitrogens with one attached hydrogen (secondary N) is 2. The van der Waals surface area contributed by atoms with Crippen LogP contribution in [0, 0.1) is 11.2 Å². The maximum atomic E-state index is 12.9. The minimum absolute atomic E-state index is 0.0270. The van der Waals surface area contributed by atoms with E-state index in [1.54, 1.807) is 12.1 Å². The lowest BCUT2D eigenvalue weighted by atomic mass is 9.84. The van der Waals surface area contributed by atoms with E-state index in [-0.39, 0.29) is 17.8 Å². The molecule has 0 bridgehead atoms. The van der Waals surface area contributed by atoms with E-state index in [4.69, 9.17) is 4.74 Å². The number of aliphatic hydroxyl groups excluding tert-OH is 1. The van der Waals surface area contributed by atoms with Crippen LogP contribution < -0.4 is 10.6 Å². The van der Waals surface area contributed by atoms with Gasteiger partial charge in [0.2, 0.25) is 0 Å². The van der Waals surface area contributed by atoms with Crippen LogP contribution in [0.4, 0.5) is 4.39 Å². The second-order valence-corrected chi connectivity index (χ2v) is 5.95. The zero-order valence-corrected chi connectivity index (χ0v) is 13.6. The first-order chi connectivity index (χ1) is 11.2. The van der Waals surface area contributed by atoms with Crippen LogP contribution in [-0.4, -0.2) is 44.0 Å². The van der Waals surface area contributed by atoms with Gasteiger partial charge in [-0.1, -0.05) is 12.1 Å². The molecule has 1 heterocycles. The molecule has 1 aliphatic rings. The van der Waals surface area contributed by atoms with E-state index in [1.165, 1.54) is 12.1 Å². The highest BCUT2D eigenvalue weighted by atomic mass is 19.1. The van der Waals surface area contributed by atoms with Crippen LogP contribution in [0.25, 0.3) is 0 Å². The van der Waals surface area contributed by atoms with Gasteiger partial charge in [0.25, 0.3) is 0 Å². The molecule has 0 spiro atoms. The largest absolute Gasteiger partial charge is 0.396 e. The summed E-state index contributed by atoms with van der Waals surface area (Å²) in [6.07, 6.45) is 1.66. The lowest BCUT2D eigenvalue weighted by Crippen LogP contribution is -2.44. The van der Waals surface area contributed by atoms with Gasteiger partial charge < -0.3 is 20.5 Å². The molecule has 1 fully saturated rings. The molecule has 0 radical (unpaired) electrons. The SMILES string of the molecule is CCNC(=NCc1ccc(F)cc1)NCC1(CCO)CCOC1. The van der Waals surface area contributed by atoms with Crippen molar-refractivity contribution >= 4 is 5.96 Å². The summed E-state index contributed by atoms with van der Waals surface area (Å²) in [6, 6.07) is 6.36. The van der Waals surface area contributed by atoms with Gasteiger partial charge in [0.05, 0.1) is 13.2 Å². The minimum atomic E-state index is -0.241. The zero-order valence-electron chi connectivity index (χ0n) is 13.6. The fourth-order valence-corrected chi connectivity index (χ4v) is 2.68. The van der Waals surface area contributed by atoms with Gasteiger partial charge in [-0.3, -0.25) is 0 Å². The highest BCUT2D eigenvalue weighted by Crippen LogP contribution is 2.31. The van der Waals surface area contributed by atoms with Crippen LogP contribution in [0.1, 0.15) is 25.3 Å². The molecule has 23 heavy (non-hydrogen) atoms.